The summed E-state index contributed by atoms with van der Waals surface area (Å²) in [5.74, 6) is -0.0885. The molecular formula is C18H17N3OS2. The highest BCUT2D eigenvalue weighted by molar-refractivity contribution is 7.98. The summed E-state index contributed by atoms with van der Waals surface area (Å²) < 4.78 is 0. The van der Waals surface area contributed by atoms with Crippen LogP contribution in [0.2, 0.25) is 0 Å². The van der Waals surface area contributed by atoms with Crippen LogP contribution in [0.25, 0.3) is 10.6 Å². The quantitative estimate of drug-likeness (QED) is 0.689. The largest absolute Gasteiger partial charge is 0.324 e. The molecule has 3 rings (SSSR count). The van der Waals surface area contributed by atoms with Crippen molar-refractivity contribution in [2.24, 2.45) is 0 Å². The zero-order chi connectivity index (χ0) is 16.9. The van der Waals surface area contributed by atoms with Gasteiger partial charge in [0.15, 0.2) is 0 Å². The Kier molecular flexibility index (Phi) is 5.27. The molecule has 0 saturated carbocycles. The van der Waals surface area contributed by atoms with Crippen LogP contribution in [0.5, 0.6) is 0 Å². The van der Waals surface area contributed by atoms with Crippen molar-refractivity contribution >= 4 is 34.7 Å². The summed E-state index contributed by atoms with van der Waals surface area (Å²) in [5, 5.41) is 6.65. The molecule has 1 aromatic carbocycles. The van der Waals surface area contributed by atoms with E-state index in [-0.39, 0.29) is 12.3 Å². The molecule has 0 fully saturated rings. The molecule has 1 N–H and O–H groups in total. The summed E-state index contributed by atoms with van der Waals surface area (Å²) >= 11 is 3.12. The standard InChI is InChI=1S/C18H17N3OS2/c1-12-3-5-13(6-4-12)18-21-15(11-24-18)9-16(22)20-14-7-8-17(23-2)19-10-14/h3-8,10-11H,9H2,1-2H3,(H,20,22). The Labute approximate surface area is 149 Å². The lowest BCUT2D eigenvalue weighted by Gasteiger charge is -2.04. The van der Waals surface area contributed by atoms with Crippen molar-refractivity contribution in [3.8, 4) is 10.6 Å². The minimum Gasteiger partial charge on any atom is -0.324 e. The number of thioether (sulfide) groups is 1. The molecule has 0 aliphatic heterocycles. The summed E-state index contributed by atoms with van der Waals surface area (Å²) in [7, 11) is 0. The lowest BCUT2D eigenvalue weighted by molar-refractivity contribution is -0.115. The third-order valence-electron chi connectivity index (χ3n) is 3.42. The maximum absolute atomic E-state index is 12.1. The minimum absolute atomic E-state index is 0.0885. The second-order valence-electron chi connectivity index (χ2n) is 5.32. The lowest BCUT2D eigenvalue weighted by Crippen LogP contribution is -2.14. The fourth-order valence-electron chi connectivity index (χ4n) is 2.16. The van der Waals surface area contributed by atoms with E-state index in [2.05, 4.69) is 46.5 Å². The molecule has 0 atom stereocenters. The van der Waals surface area contributed by atoms with Crippen LogP contribution in [0, 0.1) is 6.92 Å². The number of thiazole rings is 1. The summed E-state index contributed by atoms with van der Waals surface area (Å²) in [6, 6.07) is 12.0. The summed E-state index contributed by atoms with van der Waals surface area (Å²) in [6.07, 6.45) is 3.89. The fraction of sp³-hybridized carbons (Fsp3) is 0.167. The lowest BCUT2D eigenvalue weighted by atomic mass is 10.2. The molecule has 2 heterocycles. The van der Waals surface area contributed by atoms with Gasteiger partial charge in [0.25, 0.3) is 0 Å². The van der Waals surface area contributed by atoms with Crippen molar-refractivity contribution in [3.63, 3.8) is 0 Å². The molecule has 0 spiro atoms. The number of carbonyl (C=O) groups excluding carboxylic acids is 1. The number of anilines is 1. The number of benzene rings is 1. The van der Waals surface area contributed by atoms with Crippen molar-refractivity contribution in [1.82, 2.24) is 9.97 Å². The van der Waals surface area contributed by atoms with Gasteiger partial charge in [-0.3, -0.25) is 4.79 Å². The Bertz CT molecular complexity index is 826. The first-order chi connectivity index (χ1) is 11.6. The maximum atomic E-state index is 12.1. The SMILES string of the molecule is CSc1ccc(NC(=O)Cc2csc(-c3ccc(C)cc3)n2)cn1. The fourth-order valence-corrected chi connectivity index (χ4v) is 3.35. The second kappa shape index (κ2) is 7.59. The number of nitrogens with zero attached hydrogens (tertiary/aromatic N) is 2. The van der Waals surface area contributed by atoms with Crippen LogP contribution in [0.3, 0.4) is 0 Å². The topological polar surface area (TPSA) is 54.9 Å². The summed E-state index contributed by atoms with van der Waals surface area (Å²) in [6.45, 7) is 2.06. The van der Waals surface area contributed by atoms with E-state index in [4.69, 9.17) is 0 Å². The van der Waals surface area contributed by atoms with E-state index in [0.717, 1.165) is 21.3 Å². The highest BCUT2D eigenvalue weighted by Gasteiger charge is 2.09. The van der Waals surface area contributed by atoms with E-state index in [9.17, 15) is 4.79 Å². The van der Waals surface area contributed by atoms with Crippen molar-refractivity contribution in [2.75, 3.05) is 11.6 Å². The third kappa shape index (κ3) is 4.21. The monoisotopic (exact) mass is 355 g/mol. The zero-order valence-corrected chi connectivity index (χ0v) is 15.1. The van der Waals surface area contributed by atoms with Crippen LogP contribution in [0.1, 0.15) is 11.3 Å². The molecule has 0 aliphatic carbocycles. The molecule has 0 bridgehead atoms. The Morgan fingerprint density at radius 2 is 2.00 bits per heavy atom. The average molecular weight is 355 g/mol. The number of amides is 1. The van der Waals surface area contributed by atoms with Crippen molar-refractivity contribution in [2.45, 2.75) is 18.4 Å². The van der Waals surface area contributed by atoms with Gasteiger partial charge in [0.2, 0.25) is 5.91 Å². The number of carbonyl (C=O) groups is 1. The Balaban J connectivity index is 1.63. The second-order valence-corrected chi connectivity index (χ2v) is 7.01. The number of aryl methyl sites for hydroxylation is 1. The van der Waals surface area contributed by atoms with Gasteiger partial charge in [0.1, 0.15) is 5.01 Å². The van der Waals surface area contributed by atoms with Crippen molar-refractivity contribution < 1.29 is 4.79 Å². The van der Waals surface area contributed by atoms with Crippen LogP contribution in [-0.4, -0.2) is 22.1 Å². The Hall–Kier alpha value is -2.18. The Morgan fingerprint density at radius 1 is 1.21 bits per heavy atom. The first kappa shape index (κ1) is 16.7. The first-order valence-electron chi connectivity index (χ1n) is 7.45. The van der Waals surface area contributed by atoms with E-state index >= 15 is 0 Å². The zero-order valence-electron chi connectivity index (χ0n) is 13.4. The number of nitrogens with one attached hydrogen (secondary N) is 1. The average Bonchev–Trinajstić information content (AvgIpc) is 3.04. The predicted octanol–water partition coefficient (Wildman–Crippen LogP) is 4.42. The van der Waals surface area contributed by atoms with E-state index in [1.807, 2.05) is 23.8 Å². The van der Waals surface area contributed by atoms with Gasteiger partial charge < -0.3 is 5.32 Å². The summed E-state index contributed by atoms with van der Waals surface area (Å²) in [4.78, 5) is 20.9. The van der Waals surface area contributed by atoms with Gasteiger partial charge in [0.05, 0.1) is 29.0 Å². The van der Waals surface area contributed by atoms with Gasteiger partial charge in [-0.25, -0.2) is 9.97 Å². The van der Waals surface area contributed by atoms with Crippen LogP contribution >= 0.6 is 23.1 Å². The number of pyridine rings is 1. The number of rotatable bonds is 5. The molecule has 0 radical (unpaired) electrons. The van der Waals surface area contributed by atoms with E-state index < -0.39 is 0 Å². The van der Waals surface area contributed by atoms with Crippen molar-refractivity contribution in [1.29, 1.82) is 0 Å². The van der Waals surface area contributed by atoms with E-state index in [0.29, 0.717) is 5.69 Å². The first-order valence-corrected chi connectivity index (χ1v) is 9.56. The van der Waals surface area contributed by atoms with Gasteiger partial charge in [-0.15, -0.1) is 23.1 Å². The van der Waals surface area contributed by atoms with Crippen LogP contribution in [0.15, 0.2) is 53.0 Å². The smallest absolute Gasteiger partial charge is 0.230 e. The molecular weight excluding hydrogens is 338 g/mol. The molecule has 4 nitrogen and oxygen atoms in total. The molecule has 6 heteroatoms. The number of hydrogen-bond acceptors (Lipinski definition) is 5. The van der Waals surface area contributed by atoms with Crippen LogP contribution in [-0.2, 0) is 11.2 Å². The third-order valence-corrected chi connectivity index (χ3v) is 5.02. The molecule has 3 aromatic rings. The molecule has 24 heavy (non-hydrogen) atoms. The highest BCUT2D eigenvalue weighted by Crippen LogP contribution is 2.24. The van der Waals surface area contributed by atoms with Gasteiger partial charge in [0, 0.05) is 10.9 Å². The van der Waals surface area contributed by atoms with Crippen LogP contribution < -0.4 is 5.32 Å². The molecule has 1 amide bonds. The van der Waals surface area contributed by atoms with Gasteiger partial charge in [-0.1, -0.05) is 29.8 Å². The normalized spacial score (nSPS) is 10.6. The van der Waals surface area contributed by atoms with Crippen molar-refractivity contribution in [3.05, 3.63) is 59.2 Å². The predicted molar refractivity (Wildman–Crippen MR) is 101 cm³/mol. The van der Waals surface area contributed by atoms with E-state index in [1.165, 1.54) is 5.56 Å². The van der Waals surface area contributed by atoms with Gasteiger partial charge >= 0.3 is 0 Å². The maximum Gasteiger partial charge on any atom is 0.230 e. The molecule has 0 saturated heterocycles. The van der Waals surface area contributed by atoms with Crippen LogP contribution in [0.4, 0.5) is 5.69 Å². The van der Waals surface area contributed by atoms with E-state index in [1.54, 1.807) is 29.3 Å². The molecule has 0 aliphatic rings. The number of aromatic nitrogens is 2. The number of hydrogen-bond donors (Lipinski definition) is 1. The molecule has 122 valence electrons. The van der Waals surface area contributed by atoms with Gasteiger partial charge in [-0.05, 0) is 25.3 Å². The molecule has 2 aromatic heterocycles. The van der Waals surface area contributed by atoms with Gasteiger partial charge in [-0.2, -0.15) is 0 Å². The minimum atomic E-state index is -0.0885. The highest BCUT2D eigenvalue weighted by atomic mass is 32.2. The Morgan fingerprint density at radius 3 is 2.67 bits per heavy atom. The molecule has 0 unspecified atom stereocenters. The summed E-state index contributed by atoms with van der Waals surface area (Å²) in [5.41, 5.74) is 3.78.